The molecular formula is C21H27N3. The second kappa shape index (κ2) is 9.78. The second-order valence-corrected chi connectivity index (χ2v) is 5.88. The van der Waals surface area contributed by atoms with Crippen molar-refractivity contribution >= 4 is 11.9 Å². The topological polar surface area (TPSA) is 37.3 Å². The molecule has 0 bridgehead atoms. The summed E-state index contributed by atoms with van der Waals surface area (Å²) < 4.78 is 0. The molecule has 1 aromatic carbocycles. The minimum atomic E-state index is 0.840. The quantitative estimate of drug-likeness (QED) is 0.571. The van der Waals surface area contributed by atoms with Crippen LogP contribution in [0.1, 0.15) is 42.1 Å². The van der Waals surface area contributed by atoms with Gasteiger partial charge in [-0.2, -0.15) is 0 Å². The molecule has 2 rings (SSSR count). The highest BCUT2D eigenvalue weighted by Gasteiger charge is 2.02. The van der Waals surface area contributed by atoms with Gasteiger partial charge in [-0.3, -0.25) is 9.98 Å². The lowest BCUT2D eigenvalue weighted by Crippen LogP contribution is -2.05. The van der Waals surface area contributed by atoms with Gasteiger partial charge in [-0.25, -0.2) is 0 Å². The number of nitrogens with zero attached hydrogens (tertiary/aromatic N) is 2. The Hall–Kier alpha value is -2.26. The maximum absolute atomic E-state index is 4.62. The van der Waals surface area contributed by atoms with E-state index in [1.54, 1.807) is 0 Å². The molecule has 0 unspecified atom stereocenters. The number of aromatic nitrogens is 1. The number of pyridine rings is 1. The third-order valence-electron chi connectivity index (χ3n) is 4.01. The molecule has 1 heterocycles. The molecule has 0 radical (unpaired) electrons. The fraction of sp³-hybridized carbons (Fsp3) is 0.333. The summed E-state index contributed by atoms with van der Waals surface area (Å²) in [5.74, 6) is 0. The summed E-state index contributed by atoms with van der Waals surface area (Å²) in [5.41, 5.74) is 5.88. The number of hydrogen-bond acceptors (Lipinski definition) is 3. The smallest absolute Gasteiger partial charge is 0.0885 e. The van der Waals surface area contributed by atoms with Gasteiger partial charge < -0.3 is 5.32 Å². The summed E-state index contributed by atoms with van der Waals surface area (Å²) in [4.78, 5) is 9.06. The first-order valence-electron chi connectivity index (χ1n) is 8.58. The number of unbranched alkanes of at least 4 members (excludes halogenated alkanes) is 1. The third-order valence-corrected chi connectivity index (χ3v) is 4.01. The van der Waals surface area contributed by atoms with E-state index in [2.05, 4.69) is 52.5 Å². The van der Waals surface area contributed by atoms with E-state index in [9.17, 15) is 0 Å². The van der Waals surface area contributed by atoms with Gasteiger partial charge in [0.25, 0.3) is 0 Å². The van der Waals surface area contributed by atoms with Gasteiger partial charge in [0, 0.05) is 19.0 Å². The van der Waals surface area contributed by atoms with Crippen molar-refractivity contribution in [2.24, 2.45) is 4.99 Å². The minimum Gasteiger partial charge on any atom is -0.316 e. The number of aliphatic imine (C=N–C) groups is 1. The van der Waals surface area contributed by atoms with Gasteiger partial charge in [0.1, 0.15) is 0 Å². The molecule has 0 aliphatic heterocycles. The van der Waals surface area contributed by atoms with Gasteiger partial charge >= 0.3 is 0 Å². The van der Waals surface area contributed by atoms with E-state index >= 15 is 0 Å². The fourth-order valence-electron chi connectivity index (χ4n) is 2.65. The second-order valence-electron chi connectivity index (χ2n) is 5.88. The molecule has 0 aliphatic carbocycles. The van der Waals surface area contributed by atoms with Gasteiger partial charge in [-0.15, -0.1) is 0 Å². The molecular weight excluding hydrogens is 294 g/mol. The fourth-order valence-corrected chi connectivity index (χ4v) is 2.65. The number of benzene rings is 1. The van der Waals surface area contributed by atoms with Crippen LogP contribution in [0.3, 0.4) is 0 Å². The molecule has 1 aromatic heterocycles. The number of nitrogens with one attached hydrogen (secondary N) is 1. The first-order valence-corrected chi connectivity index (χ1v) is 8.58. The lowest BCUT2D eigenvalue weighted by Gasteiger charge is -2.05. The van der Waals surface area contributed by atoms with Gasteiger partial charge in [-0.05, 0) is 69.0 Å². The SMILES string of the molecule is C/C=C(\N=CCCCc1ccccc1C)c1cc(CNC)ccn1. The van der Waals surface area contributed by atoms with Gasteiger partial charge in [0.2, 0.25) is 0 Å². The van der Waals surface area contributed by atoms with Gasteiger partial charge in [-0.1, -0.05) is 30.3 Å². The molecule has 24 heavy (non-hydrogen) atoms. The van der Waals surface area contributed by atoms with Crippen LogP contribution >= 0.6 is 0 Å². The Morgan fingerprint density at radius 2 is 2.08 bits per heavy atom. The monoisotopic (exact) mass is 321 g/mol. The first kappa shape index (κ1) is 18.1. The number of allylic oxidation sites excluding steroid dienone is 1. The normalized spacial score (nSPS) is 12.0. The van der Waals surface area contributed by atoms with Gasteiger partial charge in [0.05, 0.1) is 11.4 Å². The Bertz CT molecular complexity index is 702. The highest BCUT2D eigenvalue weighted by atomic mass is 14.8. The van der Waals surface area contributed by atoms with Crippen LogP contribution in [0.2, 0.25) is 0 Å². The summed E-state index contributed by atoms with van der Waals surface area (Å²) in [6, 6.07) is 12.7. The van der Waals surface area contributed by atoms with Gasteiger partial charge in [0.15, 0.2) is 0 Å². The molecule has 0 amide bonds. The summed E-state index contributed by atoms with van der Waals surface area (Å²) in [6.07, 6.45) is 9.06. The highest BCUT2D eigenvalue weighted by molar-refractivity contribution is 5.72. The molecule has 0 saturated heterocycles. The molecule has 0 saturated carbocycles. The predicted molar refractivity (Wildman–Crippen MR) is 103 cm³/mol. The summed E-state index contributed by atoms with van der Waals surface area (Å²) >= 11 is 0. The zero-order valence-electron chi connectivity index (χ0n) is 14.9. The molecule has 0 spiro atoms. The summed E-state index contributed by atoms with van der Waals surface area (Å²) in [7, 11) is 1.95. The summed E-state index contributed by atoms with van der Waals surface area (Å²) in [6.45, 7) is 5.02. The molecule has 3 nitrogen and oxygen atoms in total. The highest BCUT2D eigenvalue weighted by Crippen LogP contribution is 2.15. The maximum Gasteiger partial charge on any atom is 0.0885 e. The lowest BCUT2D eigenvalue weighted by molar-refractivity contribution is 0.815. The average Bonchev–Trinajstić information content (AvgIpc) is 2.60. The molecule has 2 aromatic rings. The van der Waals surface area contributed by atoms with Crippen LogP contribution in [-0.4, -0.2) is 18.2 Å². The van der Waals surface area contributed by atoms with Crippen LogP contribution in [0.5, 0.6) is 0 Å². The standard InChI is InChI=1S/C21H27N3/c1-4-20(21-15-18(16-22-3)12-14-24-21)23-13-8-7-11-19-10-6-5-9-17(19)2/h4-6,9-10,12-15,22H,7-8,11,16H2,1-3H3/b20-4-,23-13?. The van der Waals surface area contributed by atoms with E-state index in [0.717, 1.165) is 37.2 Å². The Balaban J connectivity index is 1.90. The molecule has 3 heteroatoms. The van der Waals surface area contributed by atoms with Crippen molar-refractivity contribution in [2.45, 2.75) is 39.7 Å². The van der Waals surface area contributed by atoms with E-state index in [1.807, 2.05) is 38.5 Å². The van der Waals surface area contributed by atoms with Crippen LogP contribution in [0.4, 0.5) is 0 Å². The van der Waals surface area contributed by atoms with Crippen LogP contribution < -0.4 is 5.32 Å². The molecule has 0 atom stereocenters. The minimum absolute atomic E-state index is 0.840. The third kappa shape index (κ3) is 5.43. The van der Waals surface area contributed by atoms with Crippen LogP contribution in [0.25, 0.3) is 5.70 Å². The molecule has 0 fully saturated rings. The van der Waals surface area contributed by atoms with Crippen LogP contribution in [0, 0.1) is 6.92 Å². The predicted octanol–water partition coefficient (Wildman–Crippen LogP) is 4.56. The maximum atomic E-state index is 4.62. The van der Waals surface area contributed by atoms with E-state index < -0.39 is 0 Å². The summed E-state index contributed by atoms with van der Waals surface area (Å²) in [5, 5.41) is 3.16. The molecule has 1 N–H and O–H groups in total. The number of rotatable bonds is 8. The van der Waals surface area contributed by atoms with E-state index in [-0.39, 0.29) is 0 Å². The first-order chi connectivity index (χ1) is 11.7. The van der Waals surface area contributed by atoms with Crippen molar-refractivity contribution in [3.63, 3.8) is 0 Å². The Labute approximate surface area is 145 Å². The molecule has 0 aliphatic rings. The Morgan fingerprint density at radius 3 is 2.83 bits per heavy atom. The zero-order chi connectivity index (χ0) is 17.2. The van der Waals surface area contributed by atoms with Crippen LogP contribution in [0.15, 0.2) is 53.7 Å². The van der Waals surface area contributed by atoms with Crippen molar-refractivity contribution in [3.8, 4) is 0 Å². The number of aryl methyl sites for hydroxylation is 2. The van der Waals surface area contributed by atoms with Crippen LogP contribution in [-0.2, 0) is 13.0 Å². The van der Waals surface area contributed by atoms with Crippen molar-refractivity contribution in [2.75, 3.05) is 7.05 Å². The Morgan fingerprint density at radius 1 is 1.25 bits per heavy atom. The average molecular weight is 321 g/mol. The zero-order valence-corrected chi connectivity index (χ0v) is 14.9. The lowest BCUT2D eigenvalue weighted by atomic mass is 10.0. The van der Waals surface area contributed by atoms with Crippen molar-refractivity contribution in [1.29, 1.82) is 0 Å². The van der Waals surface area contributed by atoms with Crippen molar-refractivity contribution in [3.05, 3.63) is 71.1 Å². The Kier molecular flexibility index (Phi) is 7.37. The van der Waals surface area contributed by atoms with Crippen molar-refractivity contribution < 1.29 is 0 Å². The number of hydrogen-bond donors (Lipinski definition) is 1. The largest absolute Gasteiger partial charge is 0.316 e. The van der Waals surface area contributed by atoms with Crippen molar-refractivity contribution in [1.82, 2.24) is 10.3 Å². The van der Waals surface area contributed by atoms with E-state index in [0.29, 0.717) is 0 Å². The van der Waals surface area contributed by atoms with E-state index in [1.165, 1.54) is 16.7 Å². The van der Waals surface area contributed by atoms with E-state index in [4.69, 9.17) is 0 Å². The molecule has 126 valence electrons.